The van der Waals surface area contributed by atoms with E-state index in [1.165, 1.54) is 29.5 Å². The Hall–Kier alpha value is -0.860. The summed E-state index contributed by atoms with van der Waals surface area (Å²) in [6.07, 6.45) is 3.97. The Morgan fingerprint density at radius 2 is 2.22 bits per heavy atom. The summed E-state index contributed by atoms with van der Waals surface area (Å²) in [6, 6.07) is 7.16. The van der Waals surface area contributed by atoms with Crippen molar-refractivity contribution >= 4 is 0 Å². The fraction of sp³-hybridized carbons (Fsp3) is 0.625. The molecule has 1 aliphatic rings. The number of benzene rings is 1. The van der Waals surface area contributed by atoms with Crippen molar-refractivity contribution in [3.05, 3.63) is 34.9 Å². The van der Waals surface area contributed by atoms with Gasteiger partial charge in [-0.15, -0.1) is 0 Å². The number of hydrogen-bond acceptors (Lipinski definition) is 2. The maximum Gasteiger partial charge on any atom is 0.0594 e. The second-order valence-corrected chi connectivity index (χ2v) is 5.34. The van der Waals surface area contributed by atoms with Crippen molar-refractivity contribution in [1.29, 1.82) is 0 Å². The molecular formula is C16H25NO. The molecule has 2 unspecified atom stereocenters. The Bertz CT molecular complexity index is 383. The highest BCUT2D eigenvalue weighted by Gasteiger charge is 2.22. The first-order valence-electron chi connectivity index (χ1n) is 7.13. The lowest BCUT2D eigenvalue weighted by molar-refractivity contribution is 0.0947. The molecule has 0 bridgehead atoms. The lowest BCUT2D eigenvalue weighted by atomic mass is 9.94. The molecule has 0 aromatic heterocycles. The molecule has 1 aromatic carbocycles. The Kier molecular flexibility index (Phi) is 4.79. The molecule has 2 nitrogen and oxygen atoms in total. The average molecular weight is 247 g/mol. The second-order valence-electron chi connectivity index (χ2n) is 5.34. The fourth-order valence-electron chi connectivity index (χ4n) is 2.80. The minimum atomic E-state index is 0.429. The van der Waals surface area contributed by atoms with Gasteiger partial charge in [0.05, 0.1) is 6.10 Å². The minimum absolute atomic E-state index is 0.429. The van der Waals surface area contributed by atoms with Gasteiger partial charge in [0, 0.05) is 12.6 Å². The van der Waals surface area contributed by atoms with E-state index < -0.39 is 0 Å². The molecule has 1 fully saturated rings. The van der Waals surface area contributed by atoms with Crippen LogP contribution >= 0.6 is 0 Å². The Morgan fingerprint density at radius 1 is 1.39 bits per heavy atom. The first kappa shape index (κ1) is 13.6. The molecule has 0 saturated carbocycles. The summed E-state index contributed by atoms with van der Waals surface area (Å²) in [4.78, 5) is 0. The van der Waals surface area contributed by atoms with Gasteiger partial charge in [-0.1, -0.05) is 30.7 Å². The molecule has 1 N–H and O–H groups in total. The van der Waals surface area contributed by atoms with E-state index in [0.29, 0.717) is 12.1 Å². The minimum Gasteiger partial charge on any atom is -0.378 e. The molecule has 2 atom stereocenters. The summed E-state index contributed by atoms with van der Waals surface area (Å²) < 4.78 is 5.78. The van der Waals surface area contributed by atoms with Gasteiger partial charge in [-0.05, 0) is 50.8 Å². The van der Waals surface area contributed by atoms with Crippen molar-refractivity contribution in [3.8, 4) is 0 Å². The number of rotatable bonds is 5. The Balaban J connectivity index is 2.14. The van der Waals surface area contributed by atoms with E-state index in [-0.39, 0.29) is 0 Å². The smallest absolute Gasteiger partial charge is 0.0594 e. The van der Waals surface area contributed by atoms with Gasteiger partial charge in [0.2, 0.25) is 0 Å². The van der Waals surface area contributed by atoms with Crippen LogP contribution in [0.5, 0.6) is 0 Å². The summed E-state index contributed by atoms with van der Waals surface area (Å²) >= 11 is 0. The predicted molar refractivity (Wildman–Crippen MR) is 75.9 cm³/mol. The summed E-state index contributed by atoms with van der Waals surface area (Å²) in [5.41, 5.74) is 4.16. The third-order valence-corrected chi connectivity index (χ3v) is 3.78. The number of hydrogen-bond donors (Lipinski definition) is 1. The van der Waals surface area contributed by atoms with E-state index in [2.05, 4.69) is 44.3 Å². The van der Waals surface area contributed by atoms with Gasteiger partial charge in [-0.3, -0.25) is 0 Å². The largest absolute Gasteiger partial charge is 0.378 e. The highest BCUT2D eigenvalue weighted by Crippen LogP contribution is 2.27. The predicted octanol–water partition coefficient (Wildman–Crippen LogP) is 3.52. The van der Waals surface area contributed by atoms with Gasteiger partial charge in [0.25, 0.3) is 0 Å². The van der Waals surface area contributed by atoms with E-state index in [9.17, 15) is 0 Å². The molecule has 0 amide bonds. The molecule has 100 valence electrons. The molecule has 1 aromatic rings. The number of aryl methyl sites for hydroxylation is 2. The van der Waals surface area contributed by atoms with Crippen molar-refractivity contribution in [2.75, 3.05) is 13.2 Å². The lowest BCUT2D eigenvalue weighted by Gasteiger charge is -2.23. The first-order chi connectivity index (χ1) is 8.70. The molecule has 1 heterocycles. The number of nitrogens with one attached hydrogen (secondary N) is 1. The van der Waals surface area contributed by atoms with Gasteiger partial charge < -0.3 is 10.1 Å². The summed E-state index contributed by atoms with van der Waals surface area (Å²) in [5.74, 6) is 0. The zero-order chi connectivity index (χ0) is 13.0. The summed E-state index contributed by atoms with van der Waals surface area (Å²) in [7, 11) is 0. The normalized spacial score (nSPS) is 21.2. The van der Waals surface area contributed by atoms with Crippen LogP contribution < -0.4 is 5.32 Å². The Morgan fingerprint density at radius 3 is 2.89 bits per heavy atom. The van der Waals surface area contributed by atoms with E-state index in [1.54, 1.807) is 0 Å². The van der Waals surface area contributed by atoms with Crippen LogP contribution in [0.25, 0.3) is 0 Å². The first-order valence-corrected chi connectivity index (χ1v) is 7.13. The van der Waals surface area contributed by atoms with Crippen molar-refractivity contribution in [1.82, 2.24) is 5.32 Å². The van der Waals surface area contributed by atoms with E-state index >= 15 is 0 Å². The second kappa shape index (κ2) is 6.35. The molecular weight excluding hydrogens is 222 g/mol. The third-order valence-electron chi connectivity index (χ3n) is 3.78. The van der Waals surface area contributed by atoms with Crippen LogP contribution in [0.15, 0.2) is 18.2 Å². The van der Waals surface area contributed by atoms with Crippen molar-refractivity contribution in [3.63, 3.8) is 0 Å². The number of ether oxygens (including phenoxy) is 1. The zero-order valence-corrected chi connectivity index (χ0v) is 11.8. The maximum absolute atomic E-state index is 5.78. The highest BCUT2D eigenvalue weighted by atomic mass is 16.5. The Labute approximate surface area is 111 Å². The molecule has 0 radical (unpaired) electrons. The van der Waals surface area contributed by atoms with E-state index in [1.807, 2.05) is 0 Å². The van der Waals surface area contributed by atoms with Crippen molar-refractivity contribution in [2.24, 2.45) is 0 Å². The van der Waals surface area contributed by atoms with Gasteiger partial charge in [0.15, 0.2) is 0 Å². The van der Waals surface area contributed by atoms with Crippen LogP contribution in [0.4, 0.5) is 0 Å². The van der Waals surface area contributed by atoms with Crippen LogP contribution in [-0.2, 0) is 4.74 Å². The van der Waals surface area contributed by atoms with Crippen LogP contribution in [0.3, 0.4) is 0 Å². The zero-order valence-electron chi connectivity index (χ0n) is 11.8. The van der Waals surface area contributed by atoms with Gasteiger partial charge in [-0.2, -0.15) is 0 Å². The topological polar surface area (TPSA) is 21.3 Å². The average Bonchev–Trinajstić information content (AvgIpc) is 2.85. The van der Waals surface area contributed by atoms with Crippen LogP contribution in [0.1, 0.15) is 48.9 Å². The molecule has 2 heteroatoms. The van der Waals surface area contributed by atoms with Crippen molar-refractivity contribution in [2.45, 2.75) is 52.2 Å². The van der Waals surface area contributed by atoms with E-state index in [4.69, 9.17) is 4.74 Å². The molecule has 0 spiro atoms. The molecule has 2 rings (SSSR count). The molecule has 18 heavy (non-hydrogen) atoms. The van der Waals surface area contributed by atoms with Crippen LogP contribution in [-0.4, -0.2) is 19.3 Å². The van der Waals surface area contributed by atoms with Crippen LogP contribution in [0, 0.1) is 13.8 Å². The molecule has 0 aliphatic carbocycles. The maximum atomic E-state index is 5.78. The molecule has 1 aliphatic heterocycles. The van der Waals surface area contributed by atoms with Crippen LogP contribution in [0.2, 0.25) is 0 Å². The third kappa shape index (κ3) is 3.33. The van der Waals surface area contributed by atoms with Gasteiger partial charge in [0.1, 0.15) is 0 Å². The van der Waals surface area contributed by atoms with Crippen molar-refractivity contribution < 1.29 is 4.74 Å². The highest BCUT2D eigenvalue weighted by molar-refractivity contribution is 5.33. The van der Waals surface area contributed by atoms with E-state index in [0.717, 1.165) is 19.6 Å². The standard InChI is InChI=1S/C16H25NO/c1-4-17-16(11-14-6-5-9-18-14)15-10-12(2)7-8-13(15)3/h7-8,10,14,16-17H,4-6,9,11H2,1-3H3. The molecule has 1 saturated heterocycles. The lowest BCUT2D eigenvalue weighted by Crippen LogP contribution is -2.26. The SMILES string of the molecule is CCNC(CC1CCCO1)c1cc(C)ccc1C. The van der Waals surface area contributed by atoms with Gasteiger partial charge >= 0.3 is 0 Å². The quantitative estimate of drug-likeness (QED) is 0.859. The fourth-order valence-corrected chi connectivity index (χ4v) is 2.80. The monoisotopic (exact) mass is 247 g/mol. The van der Waals surface area contributed by atoms with Gasteiger partial charge in [-0.25, -0.2) is 0 Å². The summed E-state index contributed by atoms with van der Waals surface area (Å²) in [6.45, 7) is 8.49. The summed E-state index contributed by atoms with van der Waals surface area (Å²) in [5, 5.41) is 3.61.